The third-order valence-corrected chi connectivity index (χ3v) is 1.57. The lowest BCUT2D eigenvalue weighted by molar-refractivity contribution is 0.345. The molecule has 1 atom stereocenters. The highest BCUT2D eigenvalue weighted by molar-refractivity contribution is 4.75. The average Bonchev–Trinajstić information content (AvgIpc) is 2.14. The van der Waals surface area contributed by atoms with Crippen molar-refractivity contribution in [2.24, 2.45) is 11.5 Å². The fourth-order valence-corrected chi connectivity index (χ4v) is 1.03. The molecular formula is C5H13N3. The van der Waals surface area contributed by atoms with Gasteiger partial charge in [-0.3, -0.25) is 4.90 Å². The lowest BCUT2D eigenvalue weighted by Crippen LogP contribution is -2.30. The third-order valence-electron chi connectivity index (χ3n) is 1.57. The zero-order valence-corrected chi connectivity index (χ0v) is 5.01. The molecule has 3 heteroatoms. The van der Waals surface area contributed by atoms with Gasteiger partial charge in [0.1, 0.15) is 0 Å². The lowest BCUT2D eigenvalue weighted by atomic mass is 10.3. The number of nitrogens with two attached hydrogens (primary N) is 2. The first-order valence-corrected chi connectivity index (χ1v) is 3.01. The van der Waals surface area contributed by atoms with E-state index >= 15 is 0 Å². The predicted molar refractivity (Wildman–Crippen MR) is 33.2 cm³/mol. The Morgan fingerprint density at radius 1 is 1.62 bits per heavy atom. The topological polar surface area (TPSA) is 55.3 Å². The van der Waals surface area contributed by atoms with Gasteiger partial charge in [-0.15, -0.1) is 0 Å². The van der Waals surface area contributed by atoms with Gasteiger partial charge in [0.2, 0.25) is 0 Å². The minimum absolute atomic E-state index is 0.374. The second-order valence-electron chi connectivity index (χ2n) is 2.31. The predicted octanol–water partition coefficient (Wildman–Crippen LogP) is -1.06. The molecule has 0 bridgehead atoms. The van der Waals surface area contributed by atoms with Crippen molar-refractivity contribution in [3.8, 4) is 0 Å². The Kier molecular flexibility index (Phi) is 1.83. The molecule has 1 unspecified atom stereocenters. The smallest absolute Gasteiger partial charge is 0.0455 e. The van der Waals surface area contributed by atoms with E-state index in [4.69, 9.17) is 11.5 Å². The summed E-state index contributed by atoms with van der Waals surface area (Å²) in [4.78, 5) is 2.16. The average molecular weight is 115 g/mol. The normalized spacial score (nSPS) is 31.5. The molecule has 3 nitrogen and oxygen atoms in total. The first-order chi connectivity index (χ1) is 3.83. The largest absolute Gasteiger partial charge is 0.326 e. The Morgan fingerprint density at radius 3 is 2.62 bits per heavy atom. The van der Waals surface area contributed by atoms with Crippen LogP contribution in [-0.2, 0) is 0 Å². The molecular weight excluding hydrogens is 102 g/mol. The summed E-state index contributed by atoms with van der Waals surface area (Å²) in [6, 6.07) is 0.374. The van der Waals surface area contributed by atoms with E-state index in [9.17, 15) is 0 Å². The number of nitrogens with zero attached hydrogens (tertiary/aromatic N) is 1. The van der Waals surface area contributed by atoms with E-state index < -0.39 is 0 Å². The van der Waals surface area contributed by atoms with E-state index in [2.05, 4.69) is 4.90 Å². The fourth-order valence-electron chi connectivity index (χ4n) is 1.03. The van der Waals surface area contributed by atoms with Gasteiger partial charge in [-0.05, 0) is 6.42 Å². The van der Waals surface area contributed by atoms with E-state index in [0.717, 1.165) is 19.5 Å². The van der Waals surface area contributed by atoms with Crippen molar-refractivity contribution in [3.63, 3.8) is 0 Å². The molecule has 0 spiro atoms. The van der Waals surface area contributed by atoms with Crippen molar-refractivity contribution >= 4 is 0 Å². The zero-order valence-electron chi connectivity index (χ0n) is 5.01. The molecule has 0 aliphatic carbocycles. The van der Waals surface area contributed by atoms with Gasteiger partial charge in [-0.1, -0.05) is 0 Å². The summed E-state index contributed by atoms with van der Waals surface area (Å²) in [5, 5.41) is 0. The Bertz CT molecular complexity index is 74.1. The number of rotatable bonds is 1. The highest BCUT2D eigenvalue weighted by Crippen LogP contribution is 2.03. The summed E-state index contributed by atoms with van der Waals surface area (Å²) >= 11 is 0. The minimum atomic E-state index is 0.374. The highest BCUT2D eigenvalue weighted by Gasteiger charge is 2.16. The first-order valence-electron chi connectivity index (χ1n) is 3.01. The van der Waals surface area contributed by atoms with E-state index in [0.29, 0.717) is 12.7 Å². The summed E-state index contributed by atoms with van der Waals surface area (Å²) in [6.45, 7) is 2.72. The summed E-state index contributed by atoms with van der Waals surface area (Å²) in [6.07, 6.45) is 1.11. The number of likely N-dealkylation sites (tertiary alicyclic amines) is 1. The van der Waals surface area contributed by atoms with Crippen LogP contribution in [0.4, 0.5) is 0 Å². The maximum absolute atomic E-state index is 5.60. The molecule has 0 radical (unpaired) electrons. The fraction of sp³-hybridized carbons (Fsp3) is 1.00. The summed E-state index contributed by atoms with van der Waals surface area (Å²) in [5.74, 6) is 0. The van der Waals surface area contributed by atoms with Crippen LogP contribution in [0.2, 0.25) is 0 Å². The van der Waals surface area contributed by atoms with Gasteiger partial charge < -0.3 is 11.5 Å². The van der Waals surface area contributed by atoms with E-state index in [1.54, 1.807) is 0 Å². The highest BCUT2D eigenvalue weighted by atomic mass is 15.2. The summed E-state index contributed by atoms with van der Waals surface area (Å²) < 4.78 is 0. The van der Waals surface area contributed by atoms with E-state index in [1.165, 1.54) is 0 Å². The van der Waals surface area contributed by atoms with Crippen LogP contribution in [-0.4, -0.2) is 30.7 Å². The van der Waals surface area contributed by atoms with Crippen LogP contribution in [0.5, 0.6) is 0 Å². The Morgan fingerprint density at radius 2 is 2.38 bits per heavy atom. The molecule has 48 valence electrons. The molecule has 0 amide bonds. The Hall–Kier alpha value is -0.120. The summed E-state index contributed by atoms with van der Waals surface area (Å²) in [7, 11) is 0. The van der Waals surface area contributed by atoms with Crippen molar-refractivity contribution in [1.29, 1.82) is 0 Å². The van der Waals surface area contributed by atoms with Crippen LogP contribution >= 0.6 is 0 Å². The molecule has 1 rings (SSSR count). The maximum atomic E-state index is 5.60. The molecule has 0 aromatic carbocycles. The van der Waals surface area contributed by atoms with Crippen LogP contribution in [0, 0.1) is 0 Å². The molecule has 0 aromatic heterocycles. The van der Waals surface area contributed by atoms with Crippen LogP contribution in [0.15, 0.2) is 0 Å². The molecule has 1 fully saturated rings. The molecule has 8 heavy (non-hydrogen) atoms. The van der Waals surface area contributed by atoms with Crippen LogP contribution in [0.25, 0.3) is 0 Å². The second-order valence-corrected chi connectivity index (χ2v) is 2.31. The maximum Gasteiger partial charge on any atom is 0.0455 e. The molecule has 1 saturated heterocycles. The monoisotopic (exact) mass is 115 g/mol. The quantitative estimate of drug-likeness (QED) is 0.458. The van der Waals surface area contributed by atoms with Gasteiger partial charge in [0.05, 0.1) is 0 Å². The van der Waals surface area contributed by atoms with Gasteiger partial charge in [-0.25, -0.2) is 0 Å². The summed E-state index contributed by atoms with van der Waals surface area (Å²) in [5.41, 5.74) is 11.0. The SMILES string of the molecule is NCN1CCC(N)C1. The van der Waals surface area contributed by atoms with Gasteiger partial charge in [0, 0.05) is 25.8 Å². The van der Waals surface area contributed by atoms with Crippen molar-refractivity contribution < 1.29 is 0 Å². The van der Waals surface area contributed by atoms with Crippen molar-refractivity contribution in [2.45, 2.75) is 12.5 Å². The first kappa shape index (κ1) is 6.01. The van der Waals surface area contributed by atoms with Gasteiger partial charge in [0.25, 0.3) is 0 Å². The van der Waals surface area contributed by atoms with Crippen LogP contribution in [0.3, 0.4) is 0 Å². The standard InChI is InChI=1S/C5H13N3/c6-4-8-2-1-5(7)3-8/h5H,1-4,6-7H2. The van der Waals surface area contributed by atoms with E-state index in [1.807, 2.05) is 0 Å². The Balaban J connectivity index is 2.22. The molecule has 0 saturated carbocycles. The van der Waals surface area contributed by atoms with Crippen molar-refractivity contribution in [1.82, 2.24) is 4.90 Å². The zero-order chi connectivity index (χ0) is 5.98. The van der Waals surface area contributed by atoms with Crippen LogP contribution < -0.4 is 11.5 Å². The molecule has 1 heterocycles. The van der Waals surface area contributed by atoms with Crippen molar-refractivity contribution in [3.05, 3.63) is 0 Å². The van der Waals surface area contributed by atoms with E-state index in [-0.39, 0.29) is 0 Å². The lowest BCUT2D eigenvalue weighted by Gasteiger charge is -2.09. The molecule has 4 N–H and O–H groups in total. The van der Waals surface area contributed by atoms with Gasteiger partial charge in [-0.2, -0.15) is 0 Å². The number of hydrogen-bond acceptors (Lipinski definition) is 3. The van der Waals surface area contributed by atoms with Crippen molar-refractivity contribution in [2.75, 3.05) is 19.8 Å². The number of hydrogen-bond donors (Lipinski definition) is 2. The van der Waals surface area contributed by atoms with Gasteiger partial charge in [0.15, 0.2) is 0 Å². The third kappa shape index (κ3) is 1.18. The van der Waals surface area contributed by atoms with Crippen LogP contribution in [0.1, 0.15) is 6.42 Å². The molecule has 0 aromatic rings. The second kappa shape index (κ2) is 2.44. The Labute approximate surface area is 49.6 Å². The molecule has 1 aliphatic rings. The molecule has 1 aliphatic heterocycles. The van der Waals surface area contributed by atoms with Gasteiger partial charge >= 0.3 is 0 Å². The minimum Gasteiger partial charge on any atom is -0.326 e.